The molecule has 4 N–H and O–H groups in total. The second-order valence-electron chi connectivity index (χ2n) is 4.21. The Kier molecular flexibility index (Phi) is 2.38. The Balaban J connectivity index is 1.92. The molecule has 1 aromatic heterocycles. The molecule has 1 fully saturated rings. The molecule has 0 amide bonds. The fourth-order valence-electron chi connectivity index (χ4n) is 2.08. The number of aliphatic hydroxyl groups is 1. The molecule has 0 radical (unpaired) electrons. The molecular weight excluding hydrogens is 220 g/mol. The van der Waals surface area contributed by atoms with Crippen molar-refractivity contribution in [1.82, 2.24) is 15.0 Å². The van der Waals surface area contributed by atoms with Gasteiger partial charge in [-0.15, -0.1) is 4.73 Å². The molecule has 1 saturated heterocycles. The van der Waals surface area contributed by atoms with E-state index in [1.807, 2.05) is 18.2 Å². The highest BCUT2D eigenvalue weighted by molar-refractivity contribution is 5.78. The van der Waals surface area contributed by atoms with Crippen molar-refractivity contribution >= 4 is 17.0 Å². The molecule has 3 rings (SSSR count). The van der Waals surface area contributed by atoms with Gasteiger partial charge in [-0.05, 0) is 12.1 Å². The van der Waals surface area contributed by atoms with E-state index in [9.17, 15) is 10.3 Å². The zero-order chi connectivity index (χ0) is 11.8. The van der Waals surface area contributed by atoms with Crippen LogP contribution in [0.25, 0.3) is 11.0 Å². The molecule has 2 aromatic rings. The van der Waals surface area contributed by atoms with Gasteiger partial charge in [0.05, 0.1) is 17.7 Å². The lowest BCUT2D eigenvalue weighted by atomic mass is 10.2. The van der Waals surface area contributed by atoms with E-state index in [1.165, 1.54) is 0 Å². The normalized spacial score (nSPS) is 24.3. The van der Waals surface area contributed by atoms with E-state index >= 15 is 0 Å². The summed E-state index contributed by atoms with van der Waals surface area (Å²) in [7, 11) is 0. The minimum Gasteiger partial charge on any atom is -0.425 e. The summed E-state index contributed by atoms with van der Waals surface area (Å²) in [5, 5.41) is 25.7. The van der Waals surface area contributed by atoms with Crippen LogP contribution in [-0.2, 0) is 0 Å². The van der Waals surface area contributed by atoms with Crippen molar-refractivity contribution in [2.45, 2.75) is 12.1 Å². The van der Waals surface area contributed by atoms with E-state index in [1.54, 1.807) is 6.07 Å². The number of imidazole rings is 1. The molecule has 1 aliphatic rings. The summed E-state index contributed by atoms with van der Waals surface area (Å²) in [6.07, 6.45) is -0.463. The molecule has 0 bridgehead atoms. The molecule has 0 spiro atoms. The topological polar surface area (TPSA) is 82.3 Å². The smallest absolute Gasteiger partial charge is 0.238 e. The van der Waals surface area contributed by atoms with Crippen LogP contribution < -0.4 is 10.6 Å². The van der Waals surface area contributed by atoms with Crippen LogP contribution in [-0.4, -0.2) is 45.3 Å². The molecular formula is C11H14N4O2. The Morgan fingerprint density at radius 3 is 2.88 bits per heavy atom. The largest absolute Gasteiger partial charge is 0.425 e. The molecule has 1 aliphatic heterocycles. The number of β-amino-alcohol motifs (C(OH)–C–C–N with tert-alkyl or cyclic N) is 1. The van der Waals surface area contributed by atoms with Crippen LogP contribution in [0.1, 0.15) is 0 Å². The maximum atomic E-state index is 9.93. The Hall–Kier alpha value is -1.79. The molecule has 0 unspecified atom stereocenters. The van der Waals surface area contributed by atoms with Crippen LogP contribution in [0, 0.1) is 0 Å². The Morgan fingerprint density at radius 2 is 2.18 bits per heavy atom. The Morgan fingerprint density at radius 1 is 1.35 bits per heavy atom. The highest BCUT2D eigenvalue weighted by atomic mass is 16.5. The maximum absolute atomic E-state index is 9.93. The first kappa shape index (κ1) is 10.4. The van der Waals surface area contributed by atoms with Crippen molar-refractivity contribution in [2.24, 2.45) is 0 Å². The van der Waals surface area contributed by atoms with Gasteiger partial charge < -0.3 is 20.9 Å². The van der Waals surface area contributed by atoms with Crippen LogP contribution in [0.5, 0.6) is 0 Å². The number of hydrogen-bond donors (Lipinski definition) is 4. The summed E-state index contributed by atoms with van der Waals surface area (Å²) < 4.78 is 1.01. The van der Waals surface area contributed by atoms with Gasteiger partial charge in [0.25, 0.3) is 0 Å². The predicted octanol–water partition coefficient (Wildman–Crippen LogP) is 0.0182. The zero-order valence-electron chi connectivity index (χ0n) is 9.17. The average Bonchev–Trinajstić information content (AvgIpc) is 2.87. The summed E-state index contributed by atoms with van der Waals surface area (Å²) in [6.45, 7) is 1.22. The zero-order valence-corrected chi connectivity index (χ0v) is 9.17. The Labute approximate surface area is 97.8 Å². The highest BCUT2D eigenvalue weighted by Gasteiger charge is 2.26. The summed E-state index contributed by atoms with van der Waals surface area (Å²) in [6, 6.07) is 7.20. The molecule has 2 atom stereocenters. The van der Waals surface area contributed by atoms with E-state index in [-0.39, 0.29) is 6.04 Å². The molecule has 2 heterocycles. The number of rotatable bonds is 2. The minimum atomic E-state index is -0.463. The van der Waals surface area contributed by atoms with Gasteiger partial charge in [0.1, 0.15) is 5.52 Å². The fraction of sp³-hybridized carbons (Fsp3) is 0.364. The molecule has 0 aliphatic carbocycles. The van der Waals surface area contributed by atoms with E-state index in [4.69, 9.17) is 0 Å². The van der Waals surface area contributed by atoms with Gasteiger partial charge in [-0.25, -0.2) is 4.98 Å². The lowest BCUT2D eigenvalue weighted by molar-refractivity contribution is 0.179. The van der Waals surface area contributed by atoms with Crippen molar-refractivity contribution in [3.63, 3.8) is 0 Å². The molecule has 6 nitrogen and oxygen atoms in total. The second-order valence-corrected chi connectivity index (χ2v) is 4.21. The first-order valence-electron chi connectivity index (χ1n) is 5.58. The lowest BCUT2D eigenvalue weighted by Crippen LogP contribution is -2.33. The van der Waals surface area contributed by atoms with Gasteiger partial charge in [0.2, 0.25) is 5.95 Å². The number of aromatic nitrogens is 2. The number of aliphatic hydroxyl groups excluding tert-OH is 1. The summed E-state index contributed by atoms with van der Waals surface area (Å²) in [4.78, 5) is 4.27. The predicted molar refractivity (Wildman–Crippen MR) is 63.2 cm³/mol. The van der Waals surface area contributed by atoms with Gasteiger partial charge in [0, 0.05) is 13.1 Å². The number of para-hydroxylation sites is 2. The summed E-state index contributed by atoms with van der Waals surface area (Å²) in [5.74, 6) is 0.360. The quantitative estimate of drug-likeness (QED) is 0.551. The van der Waals surface area contributed by atoms with Crippen molar-refractivity contribution in [2.75, 3.05) is 18.4 Å². The van der Waals surface area contributed by atoms with Crippen LogP contribution in [0.15, 0.2) is 24.3 Å². The monoisotopic (exact) mass is 234 g/mol. The fourth-order valence-corrected chi connectivity index (χ4v) is 2.08. The third kappa shape index (κ3) is 1.71. The van der Waals surface area contributed by atoms with Crippen molar-refractivity contribution in [1.29, 1.82) is 0 Å². The van der Waals surface area contributed by atoms with Crippen LogP contribution in [0.3, 0.4) is 0 Å². The van der Waals surface area contributed by atoms with Crippen LogP contribution >= 0.6 is 0 Å². The standard InChI is InChI=1S/C11H14N4O2/c16-10-6-12-5-8(10)14-11-13-7-3-1-2-4-9(7)15(11)17/h1-4,8,10,12,16-17H,5-6H2,(H,13,14)/t8-,10+/m1/s1. The number of nitrogens with one attached hydrogen (secondary N) is 2. The third-order valence-corrected chi connectivity index (χ3v) is 3.03. The van der Waals surface area contributed by atoms with Gasteiger partial charge in [-0.1, -0.05) is 12.1 Å². The number of nitrogens with zero attached hydrogens (tertiary/aromatic N) is 2. The van der Waals surface area contributed by atoms with Crippen molar-refractivity contribution in [3.8, 4) is 0 Å². The van der Waals surface area contributed by atoms with Gasteiger partial charge >= 0.3 is 0 Å². The third-order valence-electron chi connectivity index (χ3n) is 3.03. The SMILES string of the molecule is O[C@H]1CNC[C@H]1Nc1nc2ccccc2n1O. The molecule has 1 aromatic carbocycles. The first-order valence-corrected chi connectivity index (χ1v) is 5.58. The van der Waals surface area contributed by atoms with Gasteiger partial charge in [0.15, 0.2) is 0 Å². The number of fused-ring (bicyclic) bond motifs is 1. The van der Waals surface area contributed by atoms with Gasteiger partial charge in [-0.3, -0.25) is 0 Å². The van der Waals surface area contributed by atoms with Crippen molar-refractivity contribution in [3.05, 3.63) is 24.3 Å². The van der Waals surface area contributed by atoms with E-state index < -0.39 is 6.10 Å². The Bertz CT molecular complexity index is 539. The highest BCUT2D eigenvalue weighted by Crippen LogP contribution is 2.18. The van der Waals surface area contributed by atoms with E-state index in [2.05, 4.69) is 15.6 Å². The molecule has 90 valence electrons. The summed E-state index contributed by atoms with van der Waals surface area (Å²) >= 11 is 0. The minimum absolute atomic E-state index is 0.127. The molecule has 17 heavy (non-hydrogen) atoms. The lowest BCUT2D eigenvalue weighted by Gasteiger charge is -2.15. The number of anilines is 1. The van der Waals surface area contributed by atoms with Gasteiger partial charge in [-0.2, -0.15) is 0 Å². The molecule has 0 saturated carbocycles. The first-order chi connectivity index (χ1) is 8.25. The van der Waals surface area contributed by atoms with E-state index in [0.717, 1.165) is 10.2 Å². The molecule has 6 heteroatoms. The number of hydrogen-bond acceptors (Lipinski definition) is 5. The average molecular weight is 234 g/mol. The maximum Gasteiger partial charge on any atom is 0.238 e. The summed E-state index contributed by atoms with van der Waals surface area (Å²) in [5.41, 5.74) is 1.37. The van der Waals surface area contributed by atoms with Crippen LogP contribution in [0.4, 0.5) is 5.95 Å². The number of benzene rings is 1. The second kappa shape index (κ2) is 3.90. The van der Waals surface area contributed by atoms with Crippen molar-refractivity contribution < 1.29 is 10.3 Å². The van der Waals surface area contributed by atoms with E-state index in [0.29, 0.717) is 24.6 Å². The van der Waals surface area contributed by atoms with Crippen LogP contribution in [0.2, 0.25) is 0 Å².